The van der Waals surface area contributed by atoms with Gasteiger partial charge < -0.3 is 15.1 Å². The summed E-state index contributed by atoms with van der Waals surface area (Å²) < 4.78 is 16.6. The van der Waals surface area contributed by atoms with Crippen LogP contribution in [-0.2, 0) is 22.8 Å². The van der Waals surface area contributed by atoms with Crippen LogP contribution < -0.4 is 5.32 Å². The quantitative estimate of drug-likeness (QED) is 0.154. The fraction of sp³-hybridized carbons (Fsp3) is 0.382. The first kappa shape index (κ1) is 32.4. The van der Waals surface area contributed by atoms with Crippen LogP contribution in [-0.4, -0.2) is 83.8 Å². The highest BCUT2D eigenvalue weighted by Crippen LogP contribution is 2.35. The van der Waals surface area contributed by atoms with Gasteiger partial charge in [-0.2, -0.15) is 5.10 Å². The second-order valence-corrected chi connectivity index (χ2v) is 12.9. The molecule has 3 atom stereocenters. The topological polar surface area (TPSA) is 126 Å². The number of likely N-dealkylation sites (tertiary alicyclic amines) is 2. The van der Waals surface area contributed by atoms with E-state index in [0.717, 1.165) is 25.1 Å². The number of fused-ring (bicyclic) bond motifs is 1. The first-order valence-corrected chi connectivity index (χ1v) is 16.2. The van der Waals surface area contributed by atoms with Gasteiger partial charge in [-0.1, -0.05) is 12.0 Å². The molecule has 11 nitrogen and oxygen atoms in total. The number of carbonyl (C=O) groups excluding carboxylic acids is 3. The van der Waals surface area contributed by atoms with E-state index < -0.39 is 30.6 Å². The van der Waals surface area contributed by atoms with Gasteiger partial charge in [0.05, 0.1) is 11.6 Å². The molecule has 0 aliphatic carbocycles. The number of nitrogens with zero attached hydrogens (tertiary/aromatic N) is 7. The summed E-state index contributed by atoms with van der Waals surface area (Å²) in [5.74, 6) is 2.42. The van der Waals surface area contributed by atoms with Crippen LogP contribution in [0.15, 0.2) is 41.3 Å². The van der Waals surface area contributed by atoms with Crippen molar-refractivity contribution in [1.82, 2.24) is 34.5 Å². The van der Waals surface area contributed by atoms with E-state index in [2.05, 4.69) is 52.1 Å². The molecular formula is C34H34BrFN8O3. The van der Waals surface area contributed by atoms with Gasteiger partial charge in [0.1, 0.15) is 41.2 Å². The number of aromatic nitrogens is 5. The van der Waals surface area contributed by atoms with Crippen molar-refractivity contribution >= 4 is 50.2 Å². The Morgan fingerprint density at radius 3 is 2.51 bits per heavy atom. The lowest BCUT2D eigenvalue weighted by atomic mass is 9.97. The zero-order valence-corrected chi connectivity index (χ0v) is 27.9. The van der Waals surface area contributed by atoms with Gasteiger partial charge in [-0.25, -0.2) is 19.3 Å². The van der Waals surface area contributed by atoms with Gasteiger partial charge in [0.25, 0.3) is 0 Å². The summed E-state index contributed by atoms with van der Waals surface area (Å²) in [7, 11) is 0. The lowest BCUT2D eigenvalue weighted by Crippen LogP contribution is -2.49. The first-order chi connectivity index (χ1) is 22.6. The van der Waals surface area contributed by atoms with Crippen molar-refractivity contribution in [3.8, 4) is 23.5 Å². The molecule has 0 bridgehead atoms. The summed E-state index contributed by atoms with van der Waals surface area (Å²) in [6.45, 7) is 6.29. The van der Waals surface area contributed by atoms with Crippen LogP contribution in [0.1, 0.15) is 47.2 Å². The summed E-state index contributed by atoms with van der Waals surface area (Å²) in [5, 5.41) is 7.81. The number of terminal acetylenes is 1. The molecule has 242 valence electrons. The zero-order valence-electron chi connectivity index (χ0n) is 26.3. The Balaban J connectivity index is 1.37. The molecule has 2 fully saturated rings. The first-order valence-electron chi connectivity index (χ1n) is 15.4. The maximum Gasteiger partial charge on any atom is 0.248 e. The Morgan fingerprint density at radius 1 is 1.13 bits per heavy atom. The molecule has 4 aromatic rings. The fourth-order valence-electron chi connectivity index (χ4n) is 6.43. The molecule has 1 aromatic carbocycles. The van der Waals surface area contributed by atoms with E-state index in [1.807, 2.05) is 13.0 Å². The molecule has 2 saturated heterocycles. The lowest BCUT2D eigenvalue weighted by molar-refractivity contribution is -0.138. The molecule has 5 heterocycles. The predicted molar refractivity (Wildman–Crippen MR) is 178 cm³/mol. The molecule has 6 rings (SSSR count). The number of halogens is 2. The number of amides is 2. The molecule has 13 heteroatoms. The molecule has 3 aromatic heterocycles. The van der Waals surface area contributed by atoms with Gasteiger partial charge in [-0.3, -0.25) is 19.1 Å². The van der Waals surface area contributed by atoms with Crippen molar-refractivity contribution < 1.29 is 18.8 Å². The molecule has 0 saturated carbocycles. The number of nitrogens with one attached hydrogen (secondary N) is 1. The Kier molecular flexibility index (Phi) is 9.16. The molecule has 2 aliphatic heterocycles. The highest BCUT2D eigenvalue weighted by atomic mass is 79.9. The van der Waals surface area contributed by atoms with Crippen molar-refractivity contribution in [2.75, 3.05) is 25.0 Å². The maximum atomic E-state index is 14.7. The smallest absolute Gasteiger partial charge is 0.248 e. The highest BCUT2D eigenvalue weighted by molar-refractivity contribution is 9.10. The van der Waals surface area contributed by atoms with Gasteiger partial charge in [-0.15, -0.1) is 6.42 Å². The van der Waals surface area contributed by atoms with E-state index in [9.17, 15) is 18.8 Å². The third-order valence-electron chi connectivity index (χ3n) is 8.91. The van der Waals surface area contributed by atoms with Crippen LogP contribution >= 0.6 is 15.9 Å². The van der Waals surface area contributed by atoms with Crippen LogP contribution in [0.4, 0.5) is 10.2 Å². The number of anilines is 1. The highest BCUT2D eigenvalue weighted by Gasteiger charge is 2.47. The predicted octanol–water partition coefficient (Wildman–Crippen LogP) is 4.50. The van der Waals surface area contributed by atoms with Crippen molar-refractivity contribution in [1.29, 1.82) is 0 Å². The van der Waals surface area contributed by atoms with Crippen molar-refractivity contribution in [2.24, 2.45) is 5.92 Å². The average Bonchev–Trinajstić information content (AvgIpc) is 3.59. The zero-order chi connectivity index (χ0) is 33.4. The second kappa shape index (κ2) is 13.3. The number of hydrogen-bond acceptors (Lipinski definition) is 8. The van der Waals surface area contributed by atoms with Gasteiger partial charge in [0.15, 0.2) is 5.78 Å². The van der Waals surface area contributed by atoms with Crippen LogP contribution in [0.5, 0.6) is 0 Å². The van der Waals surface area contributed by atoms with Gasteiger partial charge >= 0.3 is 0 Å². The number of carbonyl (C=O) groups is 3. The molecular weight excluding hydrogens is 667 g/mol. The maximum absolute atomic E-state index is 14.7. The largest absolute Gasteiger partial charge is 0.315 e. The van der Waals surface area contributed by atoms with E-state index in [4.69, 9.17) is 6.42 Å². The average molecular weight is 702 g/mol. The van der Waals surface area contributed by atoms with E-state index in [-0.39, 0.29) is 29.5 Å². The van der Waals surface area contributed by atoms with Gasteiger partial charge in [-0.05, 0) is 85.0 Å². The number of alkyl halides is 1. The normalized spacial score (nSPS) is 19.4. The Hall–Kier alpha value is -4.54. The third-order valence-corrected chi connectivity index (χ3v) is 9.36. The fourth-order valence-corrected chi connectivity index (χ4v) is 6.74. The SMILES string of the molecule is C#C[C@@H]1[C@@H](CN2CCC2)C[C@@H](C(=O)Nc2nc(Br)ccc2C)N1C(=O)Cn1nc(C(C)=O)c2cc(-c3cnc(C)nc3)cc(CF)c21. The summed E-state index contributed by atoms with van der Waals surface area (Å²) >= 11 is 3.35. The number of hydrogen-bond donors (Lipinski definition) is 1. The molecule has 0 spiro atoms. The Morgan fingerprint density at radius 2 is 1.87 bits per heavy atom. The number of benzene rings is 1. The molecule has 2 amide bonds. The monoisotopic (exact) mass is 700 g/mol. The minimum atomic E-state index is -0.877. The van der Waals surface area contributed by atoms with E-state index >= 15 is 0 Å². The van der Waals surface area contributed by atoms with Crippen molar-refractivity contribution in [3.05, 3.63) is 63.9 Å². The van der Waals surface area contributed by atoms with Crippen molar-refractivity contribution in [2.45, 2.75) is 58.9 Å². The minimum Gasteiger partial charge on any atom is -0.315 e. The second-order valence-electron chi connectivity index (χ2n) is 12.1. The summed E-state index contributed by atoms with van der Waals surface area (Å²) in [6.07, 6.45) is 10.8. The molecule has 2 aliphatic rings. The summed E-state index contributed by atoms with van der Waals surface area (Å²) in [6, 6.07) is 5.46. The summed E-state index contributed by atoms with van der Waals surface area (Å²) in [4.78, 5) is 57.5. The number of rotatable bonds is 9. The number of ketones is 1. The van der Waals surface area contributed by atoms with E-state index in [1.165, 1.54) is 16.5 Å². The standard InChI is InChI=1S/C34H34BrFN8O3/c1-5-27-24(17-42-9-6-10-42)13-28(34(47)40-33-19(2)7-8-29(35)39-33)44(27)30(46)18-43-32-23(14-36)11-22(25-15-37-21(4)38-16-25)12-26(32)31(41-43)20(3)45/h1,7-8,11-12,15-16,24,27-28H,6,9-10,13-14,17-18H2,2-4H3,(H,39,40,47)/t24-,27-,28+/m1/s1. The van der Waals surface area contributed by atoms with Crippen LogP contribution in [0.25, 0.3) is 22.0 Å². The molecule has 0 unspecified atom stereocenters. The molecule has 0 radical (unpaired) electrons. The van der Waals surface area contributed by atoms with Gasteiger partial charge in [0, 0.05) is 48.3 Å². The summed E-state index contributed by atoms with van der Waals surface area (Å²) in [5.41, 5.74) is 2.71. The molecule has 47 heavy (non-hydrogen) atoms. The van der Waals surface area contributed by atoms with Gasteiger partial charge in [0.2, 0.25) is 11.8 Å². The molecule has 1 N–H and O–H groups in total. The van der Waals surface area contributed by atoms with Crippen LogP contribution in [0.2, 0.25) is 0 Å². The number of pyridine rings is 1. The number of Topliss-reactive ketones (excluding diaryl/α,β-unsaturated/α-hetero) is 1. The third kappa shape index (κ3) is 6.40. The van der Waals surface area contributed by atoms with Crippen LogP contribution in [0.3, 0.4) is 0 Å². The van der Waals surface area contributed by atoms with Crippen LogP contribution in [0, 0.1) is 32.1 Å². The van der Waals surface area contributed by atoms with E-state index in [1.54, 1.807) is 37.5 Å². The van der Waals surface area contributed by atoms with Crippen molar-refractivity contribution in [3.63, 3.8) is 0 Å². The number of aryl methyl sites for hydroxylation is 2. The lowest BCUT2D eigenvalue weighted by Gasteiger charge is -2.34. The minimum absolute atomic E-state index is 0.105. The Labute approximate surface area is 280 Å². The Bertz CT molecular complexity index is 1920. The van der Waals surface area contributed by atoms with E-state index in [0.29, 0.717) is 51.2 Å².